The first-order chi connectivity index (χ1) is 10.2. The number of nitrogens with zero attached hydrogens (tertiary/aromatic N) is 2. The van der Waals surface area contributed by atoms with Crippen LogP contribution in [-0.4, -0.2) is 55.0 Å². The van der Waals surface area contributed by atoms with Crippen molar-refractivity contribution in [3.05, 3.63) is 34.9 Å². The number of carbonyl (C=O) groups is 1. The molecule has 1 aliphatic carbocycles. The van der Waals surface area contributed by atoms with E-state index in [1.807, 2.05) is 30.1 Å². The molecule has 0 bridgehead atoms. The van der Waals surface area contributed by atoms with Crippen LogP contribution in [0.5, 0.6) is 0 Å². The summed E-state index contributed by atoms with van der Waals surface area (Å²) in [6, 6.07) is 8.57. The zero-order chi connectivity index (χ0) is 14.8. The monoisotopic (exact) mass is 307 g/mol. The Hall–Kier alpha value is -1.10. The van der Waals surface area contributed by atoms with Crippen molar-refractivity contribution in [3.8, 4) is 0 Å². The van der Waals surface area contributed by atoms with E-state index in [1.54, 1.807) is 0 Å². The summed E-state index contributed by atoms with van der Waals surface area (Å²) in [6.45, 7) is 3.11. The van der Waals surface area contributed by atoms with E-state index in [-0.39, 0.29) is 11.9 Å². The quantitative estimate of drug-likeness (QED) is 0.923. The van der Waals surface area contributed by atoms with Gasteiger partial charge in [0.2, 0.25) is 5.91 Å². The van der Waals surface area contributed by atoms with Crippen LogP contribution in [0.1, 0.15) is 24.4 Å². The number of amides is 1. The molecule has 114 valence electrons. The Bertz CT molecular complexity index is 518. The van der Waals surface area contributed by atoms with E-state index >= 15 is 0 Å². The van der Waals surface area contributed by atoms with Gasteiger partial charge in [0, 0.05) is 43.8 Å². The summed E-state index contributed by atoms with van der Waals surface area (Å²) in [7, 11) is 1.92. The van der Waals surface area contributed by atoms with Gasteiger partial charge in [-0.15, -0.1) is 0 Å². The number of nitrogens with one attached hydrogen (secondary N) is 1. The molecule has 0 radical (unpaired) electrons. The van der Waals surface area contributed by atoms with Gasteiger partial charge in [0.1, 0.15) is 0 Å². The predicted octanol–water partition coefficient (Wildman–Crippen LogP) is 1.91. The van der Waals surface area contributed by atoms with Crippen LogP contribution < -0.4 is 5.32 Å². The zero-order valence-corrected chi connectivity index (χ0v) is 13.1. The molecule has 0 spiro atoms. The van der Waals surface area contributed by atoms with Crippen molar-refractivity contribution in [3.63, 3.8) is 0 Å². The molecular formula is C16H22ClN3O. The maximum Gasteiger partial charge on any atom is 0.236 e. The summed E-state index contributed by atoms with van der Waals surface area (Å²) in [5, 5.41) is 4.18. The van der Waals surface area contributed by atoms with Crippen molar-refractivity contribution in [2.75, 3.05) is 33.2 Å². The summed E-state index contributed by atoms with van der Waals surface area (Å²) in [5.41, 5.74) is 1.10. The maximum absolute atomic E-state index is 12.4. The molecule has 3 rings (SSSR count). The highest BCUT2D eigenvalue weighted by atomic mass is 35.5. The fraction of sp³-hybridized carbons (Fsp3) is 0.562. The van der Waals surface area contributed by atoms with E-state index in [4.69, 9.17) is 11.6 Å². The van der Waals surface area contributed by atoms with Crippen molar-refractivity contribution in [1.29, 1.82) is 0 Å². The van der Waals surface area contributed by atoms with Crippen LogP contribution in [0.4, 0.5) is 0 Å². The Balaban J connectivity index is 1.72. The van der Waals surface area contributed by atoms with Crippen molar-refractivity contribution in [1.82, 2.24) is 15.1 Å². The van der Waals surface area contributed by atoms with E-state index in [1.165, 1.54) is 0 Å². The minimum atomic E-state index is 0.170. The minimum Gasteiger partial charge on any atom is -0.342 e. The largest absolute Gasteiger partial charge is 0.342 e. The fourth-order valence-electron chi connectivity index (χ4n) is 2.94. The lowest BCUT2D eigenvalue weighted by Gasteiger charge is -2.37. The molecule has 1 heterocycles. The predicted molar refractivity (Wildman–Crippen MR) is 84.4 cm³/mol. The van der Waals surface area contributed by atoms with Crippen molar-refractivity contribution in [2.24, 2.45) is 0 Å². The Morgan fingerprint density at radius 3 is 2.90 bits per heavy atom. The Morgan fingerprint density at radius 1 is 1.43 bits per heavy atom. The zero-order valence-electron chi connectivity index (χ0n) is 12.4. The Kier molecular flexibility index (Phi) is 4.48. The van der Waals surface area contributed by atoms with Gasteiger partial charge in [0.05, 0.1) is 6.54 Å². The van der Waals surface area contributed by atoms with Crippen molar-refractivity contribution in [2.45, 2.75) is 24.9 Å². The third-order valence-electron chi connectivity index (χ3n) is 4.44. The number of rotatable bonds is 4. The van der Waals surface area contributed by atoms with Gasteiger partial charge in [0.15, 0.2) is 0 Å². The van der Waals surface area contributed by atoms with Crippen LogP contribution in [0, 0.1) is 0 Å². The van der Waals surface area contributed by atoms with E-state index < -0.39 is 0 Å². The molecule has 1 saturated carbocycles. The molecule has 2 fully saturated rings. The number of piperazine rings is 1. The van der Waals surface area contributed by atoms with Gasteiger partial charge < -0.3 is 10.2 Å². The van der Waals surface area contributed by atoms with Gasteiger partial charge in [-0.05, 0) is 24.5 Å². The minimum absolute atomic E-state index is 0.170. The van der Waals surface area contributed by atoms with Crippen LogP contribution in [0.25, 0.3) is 0 Å². The molecule has 5 heteroatoms. The number of likely N-dealkylation sites (N-methyl/N-ethyl adjacent to an activating group) is 1. The molecular weight excluding hydrogens is 286 g/mol. The molecule has 0 aromatic heterocycles. The molecule has 1 aromatic carbocycles. The Morgan fingerprint density at radius 2 is 2.19 bits per heavy atom. The first-order valence-corrected chi connectivity index (χ1v) is 7.99. The average molecular weight is 308 g/mol. The van der Waals surface area contributed by atoms with Crippen LogP contribution in [0.2, 0.25) is 5.02 Å². The number of halogens is 1. The molecule has 1 atom stereocenters. The Labute approximate surface area is 131 Å². The molecule has 1 N–H and O–H groups in total. The third-order valence-corrected chi connectivity index (χ3v) is 4.79. The summed E-state index contributed by atoms with van der Waals surface area (Å²) < 4.78 is 0. The van der Waals surface area contributed by atoms with Crippen LogP contribution in [0.3, 0.4) is 0 Å². The first kappa shape index (κ1) is 14.8. The van der Waals surface area contributed by atoms with Gasteiger partial charge in [0.25, 0.3) is 0 Å². The maximum atomic E-state index is 12.4. The first-order valence-electron chi connectivity index (χ1n) is 7.61. The highest BCUT2D eigenvalue weighted by Crippen LogP contribution is 2.29. The second-order valence-corrected chi connectivity index (χ2v) is 6.35. The van der Waals surface area contributed by atoms with E-state index in [2.05, 4.69) is 16.3 Å². The van der Waals surface area contributed by atoms with Gasteiger partial charge in [-0.3, -0.25) is 9.69 Å². The normalized spacial score (nSPS) is 23.0. The molecule has 1 amide bonds. The number of hydrogen-bond acceptors (Lipinski definition) is 3. The standard InChI is InChI=1S/C16H22ClN3O/c1-19(12-6-7-12)16(21)11-20-9-8-18-10-15(20)13-4-2-3-5-14(13)17/h2-5,12,15,18H,6-11H2,1H3. The average Bonchev–Trinajstić information content (AvgIpc) is 3.32. The van der Waals surface area contributed by atoms with Crippen LogP contribution in [0.15, 0.2) is 24.3 Å². The number of carbonyl (C=O) groups excluding carboxylic acids is 1. The highest BCUT2D eigenvalue weighted by Gasteiger charge is 2.32. The van der Waals surface area contributed by atoms with Gasteiger partial charge >= 0.3 is 0 Å². The SMILES string of the molecule is CN(C(=O)CN1CCNCC1c1ccccc1Cl)C1CC1. The van der Waals surface area contributed by atoms with Gasteiger partial charge in [-0.1, -0.05) is 29.8 Å². The molecule has 2 aliphatic rings. The van der Waals surface area contributed by atoms with Crippen LogP contribution in [-0.2, 0) is 4.79 Å². The second kappa shape index (κ2) is 6.34. The van der Waals surface area contributed by atoms with Gasteiger partial charge in [-0.25, -0.2) is 0 Å². The molecule has 1 saturated heterocycles. The smallest absolute Gasteiger partial charge is 0.236 e. The van der Waals surface area contributed by atoms with Crippen molar-refractivity contribution < 1.29 is 4.79 Å². The summed E-state index contributed by atoms with van der Waals surface area (Å²) >= 11 is 6.33. The molecule has 21 heavy (non-hydrogen) atoms. The fourth-order valence-corrected chi connectivity index (χ4v) is 3.20. The lowest BCUT2D eigenvalue weighted by Crippen LogP contribution is -2.50. The third kappa shape index (κ3) is 3.39. The van der Waals surface area contributed by atoms with E-state index in [0.29, 0.717) is 12.6 Å². The van der Waals surface area contributed by atoms with Crippen LogP contribution >= 0.6 is 11.6 Å². The van der Waals surface area contributed by atoms with Crippen molar-refractivity contribution >= 4 is 17.5 Å². The van der Waals surface area contributed by atoms with Gasteiger partial charge in [-0.2, -0.15) is 0 Å². The molecule has 1 aromatic rings. The number of hydrogen-bond donors (Lipinski definition) is 1. The summed E-state index contributed by atoms with van der Waals surface area (Å²) in [4.78, 5) is 16.5. The molecule has 1 unspecified atom stereocenters. The lowest BCUT2D eigenvalue weighted by molar-refractivity contribution is -0.132. The van der Waals surface area contributed by atoms with E-state index in [9.17, 15) is 4.79 Å². The lowest BCUT2D eigenvalue weighted by atomic mass is 10.0. The number of benzene rings is 1. The second-order valence-electron chi connectivity index (χ2n) is 5.95. The topological polar surface area (TPSA) is 35.6 Å². The molecule has 4 nitrogen and oxygen atoms in total. The highest BCUT2D eigenvalue weighted by molar-refractivity contribution is 6.31. The summed E-state index contributed by atoms with van der Waals surface area (Å²) in [6.07, 6.45) is 2.30. The molecule has 1 aliphatic heterocycles. The summed E-state index contributed by atoms with van der Waals surface area (Å²) in [5.74, 6) is 0.219. The van der Waals surface area contributed by atoms with E-state index in [0.717, 1.165) is 43.1 Å².